The molecule has 6 N–H and O–H groups in total. The van der Waals surface area contributed by atoms with E-state index in [1.165, 1.54) is 0 Å². The number of hydrogen-bond acceptors (Lipinski definition) is 6. The van der Waals surface area contributed by atoms with E-state index < -0.39 is 5.92 Å². The molecule has 0 saturated carbocycles. The Labute approximate surface area is 213 Å². The molecule has 1 aliphatic heterocycles. The Hall–Kier alpha value is -3.13. The van der Waals surface area contributed by atoms with E-state index in [9.17, 15) is 9.59 Å². The number of ketones is 2. The molecule has 0 bridgehead atoms. The van der Waals surface area contributed by atoms with Crippen LogP contribution < -0.4 is 11.1 Å². The number of benzene rings is 1. The molecule has 2 aromatic rings. The molecule has 1 unspecified atom stereocenters. The summed E-state index contributed by atoms with van der Waals surface area (Å²) in [5.41, 5.74) is 8.40. The van der Waals surface area contributed by atoms with Gasteiger partial charge in [0.25, 0.3) is 0 Å². The number of aromatic nitrogens is 1. The molecule has 0 spiro atoms. The number of nitrogens with one attached hydrogen (secondary N) is 4. The monoisotopic (exact) mass is 492 g/mol. The lowest BCUT2D eigenvalue weighted by atomic mass is 9.80. The van der Waals surface area contributed by atoms with Crippen molar-refractivity contribution in [1.29, 1.82) is 16.2 Å². The van der Waals surface area contributed by atoms with E-state index in [2.05, 4.69) is 22.9 Å². The van der Waals surface area contributed by atoms with Gasteiger partial charge in [-0.3, -0.25) is 15.0 Å². The second kappa shape index (κ2) is 12.2. The van der Waals surface area contributed by atoms with Crippen LogP contribution in [0.25, 0.3) is 10.9 Å². The first-order valence-corrected chi connectivity index (χ1v) is 13.2. The lowest BCUT2D eigenvalue weighted by Gasteiger charge is -2.25. The molecular weight excluding hydrogens is 452 g/mol. The summed E-state index contributed by atoms with van der Waals surface area (Å²) in [6.45, 7) is 8.06. The van der Waals surface area contributed by atoms with Crippen LogP contribution in [0.4, 0.5) is 0 Å². The fraction of sp³-hybridized carbons (Fsp3) is 0.536. The van der Waals surface area contributed by atoms with Gasteiger partial charge in [0.15, 0.2) is 11.6 Å². The highest BCUT2D eigenvalue weighted by Gasteiger charge is 2.34. The van der Waals surface area contributed by atoms with Gasteiger partial charge in [0.05, 0.1) is 17.3 Å². The minimum absolute atomic E-state index is 0.0293. The second-order valence-electron chi connectivity index (χ2n) is 9.77. The first-order chi connectivity index (χ1) is 17.2. The zero-order valence-electron chi connectivity index (χ0n) is 21.7. The van der Waals surface area contributed by atoms with Gasteiger partial charge in [0.2, 0.25) is 0 Å². The summed E-state index contributed by atoms with van der Waals surface area (Å²) in [7, 11) is 0. The normalized spacial score (nSPS) is 17.5. The maximum absolute atomic E-state index is 13.3. The highest BCUT2D eigenvalue weighted by molar-refractivity contribution is 6.52. The third-order valence-electron chi connectivity index (χ3n) is 7.54. The average Bonchev–Trinajstić information content (AvgIpc) is 3.25. The van der Waals surface area contributed by atoms with E-state index in [1.54, 1.807) is 0 Å². The van der Waals surface area contributed by atoms with Gasteiger partial charge in [-0.05, 0) is 69.5 Å². The Kier molecular flexibility index (Phi) is 9.31. The standard InChI is InChI=1S/C28H40N6O2/c1-4-17(11-12-21-14-18-9-10-19(28(31)32)15-23(18)34(21)6-3)24(29)27(36)22(5-2)25(30)26(35)20-8-7-13-33-16-20/h9-10,14-15,17,20,22,29-30,33H,4-8,11-13,16H2,1-3H3,(H3,31,32)/t17-,20?,22+/m0/s1. The van der Waals surface area contributed by atoms with Crippen molar-refractivity contribution in [2.45, 2.75) is 65.8 Å². The van der Waals surface area contributed by atoms with E-state index >= 15 is 0 Å². The number of amidine groups is 1. The van der Waals surface area contributed by atoms with E-state index in [0.717, 1.165) is 42.5 Å². The van der Waals surface area contributed by atoms with Crippen LogP contribution in [-0.4, -0.2) is 46.5 Å². The molecule has 36 heavy (non-hydrogen) atoms. The lowest BCUT2D eigenvalue weighted by Crippen LogP contribution is -2.42. The average molecular weight is 493 g/mol. The number of Topliss-reactive ketones (excluding diaryl/α,β-unsaturated/α-hetero) is 2. The summed E-state index contributed by atoms with van der Waals surface area (Å²) in [6.07, 6.45) is 3.98. The number of nitrogen functional groups attached to an aromatic ring is 1. The zero-order valence-corrected chi connectivity index (χ0v) is 21.7. The van der Waals surface area contributed by atoms with Gasteiger partial charge in [-0.15, -0.1) is 0 Å². The topological polar surface area (TPSA) is 149 Å². The first-order valence-electron chi connectivity index (χ1n) is 13.2. The molecule has 2 heterocycles. The van der Waals surface area contributed by atoms with Crippen LogP contribution in [0.1, 0.15) is 64.1 Å². The van der Waals surface area contributed by atoms with E-state index in [4.69, 9.17) is 22.0 Å². The number of nitrogens with two attached hydrogens (primary N) is 1. The molecule has 1 aromatic heterocycles. The predicted molar refractivity (Wildman–Crippen MR) is 146 cm³/mol. The van der Waals surface area contributed by atoms with Crippen molar-refractivity contribution in [2.75, 3.05) is 13.1 Å². The maximum atomic E-state index is 13.3. The van der Waals surface area contributed by atoms with Crippen LogP contribution in [0.2, 0.25) is 0 Å². The Morgan fingerprint density at radius 2 is 1.86 bits per heavy atom. The van der Waals surface area contributed by atoms with Gasteiger partial charge in [-0.1, -0.05) is 26.0 Å². The van der Waals surface area contributed by atoms with E-state index in [0.29, 0.717) is 37.8 Å². The molecule has 194 valence electrons. The van der Waals surface area contributed by atoms with Crippen LogP contribution in [-0.2, 0) is 22.6 Å². The fourth-order valence-corrected chi connectivity index (χ4v) is 5.31. The highest BCUT2D eigenvalue weighted by atomic mass is 16.1. The Bertz CT molecular complexity index is 1160. The third-order valence-corrected chi connectivity index (χ3v) is 7.54. The minimum atomic E-state index is -0.840. The predicted octanol–water partition coefficient (Wildman–Crippen LogP) is 4.11. The molecule has 0 radical (unpaired) electrons. The van der Waals surface area contributed by atoms with Crippen molar-refractivity contribution in [3.05, 3.63) is 35.5 Å². The summed E-state index contributed by atoms with van der Waals surface area (Å²) >= 11 is 0. The van der Waals surface area contributed by atoms with E-state index in [1.807, 2.05) is 32.0 Å². The number of carbonyl (C=O) groups is 2. The third kappa shape index (κ3) is 5.81. The van der Waals surface area contributed by atoms with Crippen molar-refractivity contribution in [1.82, 2.24) is 9.88 Å². The molecule has 1 aromatic carbocycles. The number of aryl methyl sites for hydroxylation is 2. The summed E-state index contributed by atoms with van der Waals surface area (Å²) in [4.78, 5) is 26.2. The van der Waals surface area contributed by atoms with Gasteiger partial charge in [0, 0.05) is 41.7 Å². The Morgan fingerprint density at radius 3 is 2.44 bits per heavy atom. The van der Waals surface area contributed by atoms with Crippen molar-refractivity contribution >= 4 is 39.7 Å². The molecule has 8 nitrogen and oxygen atoms in total. The molecule has 0 amide bonds. The van der Waals surface area contributed by atoms with E-state index in [-0.39, 0.29) is 40.7 Å². The van der Waals surface area contributed by atoms with Gasteiger partial charge < -0.3 is 26.4 Å². The largest absolute Gasteiger partial charge is 0.384 e. The van der Waals surface area contributed by atoms with Crippen molar-refractivity contribution < 1.29 is 9.59 Å². The summed E-state index contributed by atoms with van der Waals surface area (Å²) in [6, 6.07) is 7.88. The van der Waals surface area contributed by atoms with Gasteiger partial charge >= 0.3 is 0 Å². The molecule has 3 rings (SSSR count). The van der Waals surface area contributed by atoms with Gasteiger partial charge in [-0.2, -0.15) is 0 Å². The smallest absolute Gasteiger partial charge is 0.185 e. The number of piperidine rings is 1. The highest BCUT2D eigenvalue weighted by Crippen LogP contribution is 2.25. The van der Waals surface area contributed by atoms with Crippen molar-refractivity contribution in [3.8, 4) is 0 Å². The van der Waals surface area contributed by atoms with Gasteiger partial charge in [-0.25, -0.2) is 0 Å². The second-order valence-corrected chi connectivity index (χ2v) is 9.77. The SMILES string of the molecule is CC[C@@H](CCc1cc2ccc(C(=N)N)cc2n1CC)C(=N)C(=O)[C@H](CC)C(=N)C(=O)C1CCCNC1. The van der Waals surface area contributed by atoms with Crippen LogP contribution in [0, 0.1) is 34.0 Å². The quantitative estimate of drug-likeness (QED) is 0.211. The first kappa shape index (κ1) is 27.5. The van der Waals surface area contributed by atoms with Crippen LogP contribution in [0.5, 0.6) is 0 Å². The number of rotatable bonds is 13. The zero-order chi connectivity index (χ0) is 26.4. The minimum Gasteiger partial charge on any atom is -0.384 e. The van der Waals surface area contributed by atoms with Crippen LogP contribution >= 0.6 is 0 Å². The summed E-state index contributed by atoms with van der Waals surface area (Å²) in [5.74, 6) is -1.91. The Morgan fingerprint density at radius 1 is 1.11 bits per heavy atom. The lowest BCUT2D eigenvalue weighted by molar-refractivity contribution is -0.119. The molecule has 1 saturated heterocycles. The maximum Gasteiger partial charge on any atom is 0.185 e. The number of hydrogen-bond donors (Lipinski definition) is 5. The van der Waals surface area contributed by atoms with Crippen LogP contribution in [0.3, 0.4) is 0 Å². The Balaban J connectivity index is 1.72. The number of carbonyl (C=O) groups excluding carboxylic acids is 2. The van der Waals surface area contributed by atoms with Crippen molar-refractivity contribution in [3.63, 3.8) is 0 Å². The molecule has 1 fully saturated rings. The molecular formula is C28H40N6O2. The van der Waals surface area contributed by atoms with Gasteiger partial charge in [0.1, 0.15) is 5.84 Å². The molecule has 0 aliphatic carbocycles. The fourth-order valence-electron chi connectivity index (χ4n) is 5.31. The number of nitrogens with zero attached hydrogens (tertiary/aromatic N) is 1. The summed E-state index contributed by atoms with van der Waals surface area (Å²) in [5, 5.41) is 29.2. The van der Waals surface area contributed by atoms with Crippen LogP contribution in [0.15, 0.2) is 24.3 Å². The summed E-state index contributed by atoms with van der Waals surface area (Å²) < 4.78 is 2.20. The molecule has 8 heteroatoms. The number of fused-ring (bicyclic) bond motifs is 1. The molecule has 3 atom stereocenters. The van der Waals surface area contributed by atoms with Crippen molar-refractivity contribution in [2.24, 2.45) is 23.5 Å². The molecule has 1 aliphatic rings.